The van der Waals surface area contributed by atoms with Crippen molar-refractivity contribution in [2.45, 2.75) is 76.5 Å². The summed E-state index contributed by atoms with van der Waals surface area (Å²) in [6.07, 6.45) is 12.4. The monoisotopic (exact) mass is 506 g/mol. The van der Waals surface area contributed by atoms with Crippen LogP contribution in [0.3, 0.4) is 0 Å². The van der Waals surface area contributed by atoms with E-state index in [1.54, 1.807) is 0 Å². The molecule has 7 heteroatoms. The molecular formula is C29H42N6S. The quantitative estimate of drug-likeness (QED) is 0.474. The van der Waals surface area contributed by atoms with E-state index in [9.17, 15) is 0 Å². The summed E-state index contributed by atoms with van der Waals surface area (Å²) in [5, 5.41) is 7.52. The lowest BCUT2D eigenvalue weighted by molar-refractivity contribution is 0.435. The van der Waals surface area contributed by atoms with Gasteiger partial charge in [0.15, 0.2) is 5.11 Å². The highest BCUT2D eigenvalue weighted by molar-refractivity contribution is 7.80. The van der Waals surface area contributed by atoms with Gasteiger partial charge in [-0.3, -0.25) is 0 Å². The number of nitrogens with one attached hydrogen (secondary N) is 2. The van der Waals surface area contributed by atoms with Gasteiger partial charge in [0, 0.05) is 44.2 Å². The van der Waals surface area contributed by atoms with Gasteiger partial charge >= 0.3 is 0 Å². The molecular weight excluding hydrogens is 464 g/mol. The van der Waals surface area contributed by atoms with Gasteiger partial charge in [-0.2, -0.15) is 9.97 Å². The van der Waals surface area contributed by atoms with Gasteiger partial charge in [-0.25, -0.2) is 0 Å². The predicted octanol–water partition coefficient (Wildman–Crippen LogP) is 5.89. The predicted molar refractivity (Wildman–Crippen MR) is 154 cm³/mol. The largest absolute Gasteiger partial charge is 0.361 e. The van der Waals surface area contributed by atoms with E-state index in [0.717, 1.165) is 50.3 Å². The zero-order valence-corrected chi connectivity index (χ0v) is 22.7. The van der Waals surface area contributed by atoms with E-state index in [-0.39, 0.29) is 5.41 Å². The van der Waals surface area contributed by atoms with Gasteiger partial charge in [0.25, 0.3) is 0 Å². The Morgan fingerprint density at radius 2 is 1.50 bits per heavy atom. The maximum atomic E-state index is 5.78. The van der Waals surface area contributed by atoms with Crippen LogP contribution in [0, 0.1) is 5.92 Å². The Labute approximate surface area is 222 Å². The molecule has 1 aliphatic carbocycles. The van der Waals surface area contributed by atoms with E-state index in [1.807, 2.05) is 0 Å². The van der Waals surface area contributed by atoms with Gasteiger partial charge in [-0.05, 0) is 62.2 Å². The Hall–Kier alpha value is -2.41. The molecule has 2 N–H and O–H groups in total. The summed E-state index contributed by atoms with van der Waals surface area (Å²) in [6, 6.07) is 13.1. The van der Waals surface area contributed by atoms with Gasteiger partial charge in [-0.15, -0.1) is 0 Å². The third-order valence-corrected chi connectivity index (χ3v) is 8.74. The fourth-order valence-electron chi connectivity index (χ4n) is 6.15. The second kappa shape index (κ2) is 11.8. The third kappa shape index (κ3) is 6.10. The molecule has 0 atom stereocenters. The zero-order chi connectivity index (χ0) is 24.8. The van der Waals surface area contributed by atoms with Crippen molar-refractivity contribution in [3.05, 3.63) is 42.0 Å². The van der Waals surface area contributed by atoms with Crippen LogP contribution < -0.4 is 20.4 Å². The maximum absolute atomic E-state index is 5.78. The highest BCUT2D eigenvalue weighted by Gasteiger charge is 2.35. The second-order valence-corrected chi connectivity index (χ2v) is 11.5. The van der Waals surface area contributed by atoms with Crippen LogP contribution in [0.4, 0.5) is 17.6 Å². The molecule has 0 amide bonds. The number of aromatic nitrogens is 2. The lowest BCUT2D eigenvalue weighted by Gasteiger charge is -2.32. The Kier molecular flexibility index (Phi) is 8.25. The molecule has 3 aliphatic rings. The Balaban J connectivity index is 1.31. The standard InChI is InChI=1S/C29H42N6S/c1-23-13-19-35(20-14-23)26-21-25(34-17-9-2-3-10-18-34)31-27(32-26)33-28(36)30-22-29(15-7-8-16-29)24-11-5-4-6-12-24/h4-6,11-12,21,23H,2-3,7-10,13-20,22H2,1H3,(H2,30,31,32,33,36). The smallest absolute Gasteiger partial charge is 0.232 e. The van der Waals surface area contributed by atoms with E-state index < -0.39 is 0 Å². The van der Waals surface area contributed by atoms with Crippen molar-refractivity contribution >= 4 is 34.9 Å². The number of hydrogen-bond donors (Lipinski definition) is 2. The minimum atomic E-state index is 0.150. The average molecular weight is 507 g/mol. The summed E-state index contributed by atoms with van der Waals surface area (Å²) in [6.45, 7) is 7.43. The number of benzene rings is 1. The molecule has 1 aromatic carbocycles. The fraction of sp³-hybridized carbons (Fsp3) is 0.621. The Bertz CT molecular complexity index is 990. The van der Waals surface area contributed by atoms with Crippen molar-refractivity contribution in [2.75, 3.05) is 47.8 Å². The number of nitrogens with zero attached hydrogens (tertiary/aromatic N) is 4. The van der Waals surface area contributed by atoms with Crippen LogP contribution in [0.1, 0.15) is 76.7 Å². The first-order chi connectivity index (χ1) is 17.6. The first-order valence-corrected chi connectivity index (χ1v) is 14.5. The normalized spacial score (nSPS) is 20.7. The van der Waals surface area contributed by atoms with E-state index in [0.29, 0.717) is 11.1 Å². The molecule has 1 saturated carbocycles. The van der Waals surface area contributed by atoms with Gasteiger partial charge in [-0.1, -0.05) is 62.9 Å². The molecule has 2 saturated heterocycles. The number of anilines is 3. The van der Waals surface area contributed by atoms with Crippen molar-refractivity contribution in [3.63, 3.8) is 0 Å². The molecule has 1 aromatic heterocycles. The summed E-state index contributed by atoms with van der Waals surface area (Å²) in [7, 11) is 0. The molecule has 0 unspecified atom stereocenters. The summed E-state index contributed by atoms with van der Waals surface area (Å²) < 4.78 is 0. The SMILES string of the molecule is CC1CCN(c2cc(N3CCCCCC3)nc(NC(=S)NCC3(c4ccccc4)CCCC3)n2)CC1. The fourth-order valence-corrected chi connectivity index (χ4v) is 6.31. The van der Waals surface area contributed by atoms with Gasteiger partial charge in [0.2, 0.25) is 5.95 Å². The zero-order valence-electron chi connectivity index (χ0n) is 21.8. The molecule has 194 valence electrons. The van der Waals surface area contributed by atoms with E-state index >= 15 is 0 Å². The molecule has 6 nitrogen and oxygen atoms in total. The molecule has 0 spiro atoms. The highest BCUT2D eigenvalue weighted by Crippen LogP contribution is 2.40. The van der Waals surface area contributed by atoms with Crippen molar-refractivity contribution in [3.8, 4) is 0 Å². The van der Waals surface area contributed by atoms with Crippen LogP contribution in [-0.2, 0) is 5.41 Å². The molecule has 0 bridgehead atoms. The molecule has 2 aliphatic heterocycles. The number of hydrogen-bond acceptors (Lipinski definition) is 5. The van der Waals surface area contributed by atoms with E-state index in [2.05, 4.69) is 63.8 Å². The van der Waals surface area contributed by atoms with Gasteiger partial charge in [0.05, 0.1) is 0 Å². The minimum Gasteiger partial charge on any atom is -0.361 e. The minimum absolute atomic E-state index is 0.150. The van der Waals surface area contributed by atoms with Crippen molar-refractivity contribution < 1.29 is 0 Å². The van der Waals surface area contributed by atoms with Crippen molar-refractivity contribution in [1.82, 2.24) is 15.3 Å². The average Bonchev–Trinajstić information content (AvgIpc) is 3.23. The van der Waals surface area contributed by atoms with Gasteiger partial charge in [0.1, 0.15) is 11.6 Å². The van der Waals surface area contributed by atoms with Crippen LogP contribution in [0.25, 0.3) is 0 Å². The molecule has 3 heterocycles. The summed E-state index contributed by atoms with van der Waals surface area (Å²) in [5.74, 6) is 3.46. The molecule has 3 fully saturated rings. The molecule has 0 radical (unpaired) electrons. The number of piperidine rings is 1. The van der Waals surface area contributed by atoms with Crippen molar-refractivity contribution in [2.24, 2.45) is 5.92 Å². The van der Waals surface area contributed by atoms with Crippen LogP contribution in [0.2, 0.25) is 0 Å². The first-order valence-electron chi connectivity index (χ1n) is 14.1. The highest BCUT2D eigenvalue weighted by atomic mass is 32.1. The van der Waals surface area contributed by atoms with Crippen LogP contribution in [0.15, 0.2) is 36.4 Å². The van der Waals surface area contributed by atoms with Crippen LogP contribution >= 0.6 is 12.2 Å². The lowest BCUT2D eigenvalue weighted by atomic mass is 9.79. The summed E-state index contributed by atoms with van der Waals surface area (Å²) >= 11 is 5.78. The molecule has 2 aromatic rings. The van der Waals surface area contributed by atoms with Crippen LogP contribution in [0.5, 0.6) is 0 Å². The maximum Gasteiger partial charge on any atom is 0.232 e. The Morgan fingerprint density at radius 1 is 0.889 bits per heavy atom. The number of thiocarbonyl (C=S) groups is 1. The van der Waals surface area contributed by atoms with E-state index in [4.69, 9.17) is 22.2 Å². The van der Waals surface area contributed by atoms with E-state index in [1.165, 1.54) is 69.8 Å². The van der Waals surface area contributed by atoms with Crippen LogP contribution in [-0.4, -0.2) is 47.8 Å². The summed E-state index contributed by atoms with van der Waals surface area (Å²) in [5.41, 5.74) is 1.57. The molecule has 36 heavy (non-hydrogen) atoms. The first kappa shape index (κ1) is 25.2. The molecule has 5 rings (SSSR count). The topological polar surface area (TPSA) is 56.3 Å². The lowest BCUT2D eigenvalue weighted by Crippen LogP contribution is -2.41. The number of rotatable bonds is 6. The Morgan fingerprint density at radius 3 is 2.14 bits per heavy atom. The van der Waals surface area contributed by atoms with Gasteiger partial charge < -0.3 is 20.4 Å². The second-order valence-electron chi connectivity index (χ2n) is 11.1. The third-order valence-electron chi connectivity index (χ3n) is 8.50. The summed E-state index contributed by atoms with van der Waals surface area (Å²) in [4.78, 5) is 14.8. The van der Waals surface area contributed by atoms with Crippen molar-refractivity contribution in [1.29, 1.82) is 0 Å².